The number of methoxy groups -OCH3 is 2. The van der Waals surface area contributed by atoms with Crippen LogP contribution < -0.4 is 0 Å². The van der Waals surface area contributed by atoms with Gasteiger partial charge in [0.15, 0.2) is 0 Å². The number of carbonyl (C=O) groups excluding carboxylic acids is 2. The summed E-state index contributed by atoms with van der Waals surface area (Å²) in [5, 5.41) is 0. The molecular weight excluding hydrogens is 366 g/mol. The highest BCUT2D eigenvalue weighted by atomic mass is 32.2. The van der Waals surface area contributed by atoms with Crippen molar-refractivity contribution in [3.05, 3.63) is 35.4 Å². The van der Waals surface area contributed by atoms with E-state index in [4.69, 9.17) is 9.47 Å². The van der Waals surface area contributed by atoms with E-state index in [9.17, 15) is 13.8 Å². The molecule has 1 aromatic rings. The monoisotopic (exact) mass is 395 g/mol. The highest BCUT2D eigenvalue weighted by molar-refractivity contribution is 7.84. The molecule has 150 valence electrons. The van der Waals surface area contributed by atoms with Crippen molar-refractivity contribution in [3.63, 3.8) is 0 Å². The van der Waals surface area contributed by atoms with Crippen molar-refractivity contribution in [1.29, 1.82) is 0 Å². The van der Waals surface area contributed by atoms with Gasteiger partial charge >= 0.3 is 11.9 Å². The fourth-order valence-corrected chi connectivity index (χ4v) is 5.08. The van der Waals surface area contributed by atoms with Crippen molar-refractivity contribution in [3.8, 4) is 0 Å². The molecule has 0 N–H and O–H groups in total. The second kappa shape index (κ2) is 8.52. The first-order valence-corrected chi connectivity index (χ1v) is 10.2. The van der Waals surface area contributed by atoms with E-state index in [1.807, 2.05) is 45.0 Å². The van der Waals surface area contributed by atoms with Crippen LogP contribution in [0.5, 0.6) is 0 Å². The molecule has 0 aromatic heterocycles. The Hall–Kier alpha value is -1.73. The van der Waals surface area contributed by atoms with Crippen LogP contribution in [0.15, 0.2) is 24.3 Å². The van der Waals surface area contributed by atoms with Gasteiger partial charge in [0, 0.05) is 0 Å². The summed E-state index contributed by atoms with van der Waals surface area (Å²) >= 11 is 0. The summed E-state index contributed by atoms with van der Waals surface area (Å²) in [6, 6.07) is 7.85. The average molecular weight is 396 g/mol. The van der Waals surface area contributed by atoms with Gasteiger partial charge in [0.25, 0.3) is 0 Å². The molecule has 1 unspecified atom stereocenters. The smallest absolute Gasteiger partial charge is 0.320 e. The Kier molecular flexibility index (Phi) is 6.81. The molecule has 0 heterocycles. The first-order chi connectivity index (χ1) is 12.7. The molecule has 0 saturated carbocycles. The molecule has 27 heavy (non-hydrogen) atoms. The molecule has 0 spiro atoms. The van der Waals surface area contributed by atoms with Crippen LogP contribution in [0.4, 0.5) is 0 Å². The Balaban J connectivity index is 2.67. The molecule has 2 rings (SSSR count). The summed E-state index contributed by atoms with van der Waals surface area (Å²) in [6.45, 7) is 5.40. The molecule has 0 aliphatic heterocycles. The fraction of sp³-hybridized carbons (Fsp3) is 0.600. The molecular formula is C20H29NO5S. The van der Waals surface area contributed by atoms with Gasteiger partial charge in [-0.3, -0.25) is 9.59 Å². The average Bonchev–Trinajstić information content (AvgIpc) is 2.64. The van der Waals surface area contributed by atoms with Crippen LogP contribution in [0.2, 0.25) is 0 Å². The number of benzene rings is 1. The number of nitrogens with zero attached hydrogens (tertiary/aromatic N) is 1. The summed E-state index contributed by atoms with van der Waals surface area (Å²) in [5.41, 5.74) is 1.16. The van der Waals surface area contributed by atoms with Gasteiger partial charge in [-0.1, -0.05) is 24.3 Å². The second-order valence-electron chi connectivity index (χ2n) is 7.77. The highest BCUT2D eigenvalue weighted by Gasteiger charge is 2.49. The molecule has 0 fully saturated rings. The lowest BCUT2D eigenvalue weighted by Gasteiger charge is -2.47. The van der Waals surface area contributed by atoms with E-state index in [0.717, 1.165) is 24.0 Å². The minimum absolute atomic E-state index is 0.0271. The fourth-order valence-electron chi connectivity index (χ4n) is 3.62. The van der Waals surface area contributed by atoms with Crippen LogP contribution in [0.1, 0.15) is 51.2 Å². The molecule has 0 amide bonds. The maximum absolute atomic E-state index is 13.5. The zero-order valence-electron chi connectivity index (χ0n) is 16.7. The Morgan fingerprint density at radius 1 is 1.15 bits per heavy atom. The van der Waals surface area contributed by atoms with E-state index in [-0.39, 0.29) is 13.0 Å². The van der Waals surface area contributed by atoms with Gasteiger partial charge in [0.1, 0.15) is 17.5 Å². The lowest BCUT2D eigenvalue weighted by molar-refractivity contribution is -0.147. The van der Waals surface area contributed by atoms with Crippen molar-refractivity contribution >= 4 is 22.9 Å². The van der Waals surface area contributed by atoms with E-state index in [1.165, 1.54) is 14.2 Å². The highest BCUT2D eigenvalue weighted by Crippen LogP contribution is 2.45. The third-order valence-corrected chi connectivity index (χ3v) is 6.85. The minimum Gasteiger partial charge on any atom is -0.469 e. The third-order valence-electron chi connectivity index (χ3n) is 4.92. The van der Waals surface area contributed by atoms with E-state index < -0.39 is 33.2 Å². The van der Waals surface area contributed by atoms with Crippen LogP contribution in [-0.4, -0.2) is 46.0 Å². The van der Waals surface area contributed by atoms with Crippen LogP contribution in [0, 0.1) is 0 Å². The Morgan fingerprint density at radius 3 is 2.37 bits per heavy atom. The summed E-state index contributed by atoms with van der Waals surface area (Å²) in [4.78, 5) is 24.6. The number of carbonyl (C=O) groups is 2. The quantitative estimate of drug-likeness (QED) is 0.693. The van der Waals surface area contributed by atoms with Gasteiger partial charge in [-0.05, 0) is 51.2 Å². The molecule has 6 nitrogen and oxygen atoms in total. The van der Waals surface area contributed by atoms with Gasteiger partial charge < -0.3 is 9.47 Å². The number of fused-ring (bicyclic) bond motifs is 1. The van der Waals surface area contributed by atoms with E-state index >= 15 is 0 Å². The maximum Gasteiger partial charge on any atom is 0.320 e. The van der Waals surface area contributed by atoms with Gasteiger partial charge in [0.2, 0.25) is 0 Å². The van der Waals surface area contributed by atoms with Gasteiger partial charge in [-0.15, -0.1) is 0 Å². The molecule has 0 saturated heterocycles. The minimum atomic E-state index is -1.54. The second-order valence-corrected chi connectivity index (χ2v) is 9.93. The summed E-state index contributed by atoms with van der Waals surface area (Å²) in [5.74, 6) is -0.882. The van der Waals surface area contributed by atoms with Crippen LogP contribution >= 0.6 is 0 Å². The van der Waals surface area contributed by atoms with Crippen LogP contribution in [0.25, 0.3) is 0 Å². The molecule has 7 heteroatoms. The molecule has 1 aliphatic carbocycles. The Bertz CT molecular complexity index is 727. The first kappa shape index (κ1) is 21.6. The standard InChI is InChI=1S/C20H29NO5S/c1-19(2,3)27(24)21(14-18(23)26-5)20(13-17(22)25-4)12-8-10-15-9-6-7-11-16(15)20/h6-7,9,11H,8,10,12-14H2,1-5H3/t20-,27?/m0/s1. The molecule has 0 radical (unpaired) electrons. The number of hydrogen-bond acceptors (Lipinski definition) is 5. The third kappa shape index (κ3) is 4.58. The van der Waals surface area contributed by atoms with E-state index in [2.05, 4.69) is 0 Å². The Morgan fingerprint density at radius 2 is 1.78 bits per heavy atom. The number of rotatable bonds is 6. The molecule has 2 atom stereocenters. The summed E-state index contributed by atoms with van der Waals surface area (Å²) in [7, 11) is 1.12. The van der Waals surface area contributed by atoms with Crippen molar-refractivity contribution in [2.24, 2.45) is 0 Å². The van der Waals surface area contributed by atoms with Crippen molar-refractivity contribution < 1.29 is 23.3 Å². The normalized spacial score (nSPS) is 20.7. The van der Waals surface area contributed by atoms with Crippen molar-refractivity contribution in [2.45, 2.75) is 56.7 Å². The number of esters is 2. The van der Waals surface area contributed by atoms with Gasteiger partial charge in [-0.2, -0.15) is 0 Å². The first-order valence-electron chi connectivity index (χ1n) is 9.07. The van der Waals surface area contributed by atoms with E-state index in [0.29, 0.717) is 6.42 Å². The predicted octanol–water partition coefficient (Wildman–Crippen LogP) is 2.72. The summed E-state index contributed by atoms with van der Waals surface area (Å²) in [6.07, 6.45) is 2.34. The summed E-state index contributed by atoms with van der Waals surface area (Å²) < 4.78 is 24.3. The number of aryl methyl sites for hydroxylation is 1. The molecule has 1 aromatic carbocycles. The van der Waals surface area contributed by atoms with Gasteiger partial charge in [-0.25, -0.2) is 8.51 Å². The Labute approximate surface area is 163 Å². The lowest BCUT2D eigenvalue weighted by atomic mass is 9.74. The van der Waals surface area contributed by atoms with Crippen LogP contribution in [-0.2, 0) is 42.0 Å². The number of ether oxygens (including phenoxy) is 2. The lowest BCUT2D eigenvalue weighted by Crippen LogP contribution is -2.55. The van der Waals surface area contributed by atoms with E-state index in [1.54, 1.807) is 4.31 Å². The molecule has 0 bridgehead atoms. The van der Waals surface area contributed by atoms with Crippen molar-refractivity contribution in [1.82, 2.24) is 4.31 Å². The largest absolute Gasteiger partial charge is 0.469 e. The van der Waals surface area contributed by atoms with Gasteiger partial charge in [0.05, 0.1) is 30.9 Å². The van der Waals surface area contributed by atoms with Crippen LogP contribution in [0.3, 0.4) is 0 Å². The topological polar surface area (TPSA) is 72.9 Å². The predicted molar refractivity (Wildman–Crippen MR) is 104 cm³/mol. The zero-order chi connectivity index (χ0) is 20.2. The van der Waals surface area contributed by atoms with Crippen molar-refractivity contribution in [2.75, 3.05) is 20.8 Å². The maximum atomic E-state index is 13.5. The molecule has 1 aliphatic rings. The SMILES string of the molecule is COC(=O)CN(S(=O)C(C)(C)C)[C@]1(CC(=O)OC)CCCc2ccccc21. The number of hydrogen-bond donors (Lipinski definition) is 0. The zero-order valence-corrected chi connectivity index (χ0v) is 17.6.